The van der Waals surface area contributed by atoms with Crippen molar-refractivity contribution in [2.45, 2.75) is 31.8 Å². The maximum atomic E-state index is 11.7. The fourth-order valence-corrected chi connectivity index (χ4v) is 2.04. The first-order valence-corrected chi connectivity index (χ1v) is 5.79. The fraction of sp³-hybridized carbons (Fsp3) is 0.462. The van der Waals surface area contributed by atoms with Gasteiger partial charge in [-0.1, -0.05) is 18.2 Å². The number of nitrogens with zero attached hydrogens (tertiary/aromatic N) is 1. The molecule has 3 heteroatoms. The number of amides is 1. The van der Waals surface area contributed by atoms with Crippen molar-refractivity contribution in [3.63, 3.8) is 0 Å². The van der Waals surface area contributed by atoms with Gasteiger partial charge in [0.15, 0.2) is 0 Å². The molecule has 1 fully saturated rings. The molecule has 1 aromatic carbocycles. The zero-order valence-electron chi connectivity index (χ0n) is 9.81. The number of hydrogen-bond donors (Lipinski definition) is 1. The van der Waals surface area contributed by atoms with Crippen molar-refractivity contribution in [3.05, 3.63) is 30.3 Å². The van der Waals surface area contributed by atoms with E-state index < -0.39 is 0 Å². The van der Waals surface area contributed by atoms with Crippen LogP contribution in [0.3, 0.4) is 0 Å². The van der Waals surface area contributed by atoms with E-state index in [1.54, 1.807) is 7.05 Å². The standard InChI is InChI=1S/C13H18N2O/c1-10(13(16)14-2)15(12-8-9-12)11-6-4-3-5-7-11/h3-7,10,12H,8-9H2,1-2H3,(H,14,16). The molecular weight excluding hydrogens is 200 g/mol. The van der Waals surface area contributed by atoms with Gasteiger partial charge in [-0.2, -0.15) is 0 Å². The van der Waals surface area contributed by atoms with Gasteiger partial charge in [-0.05, 0) is 31.9 Å². The van der Waals surface area contributed by atoms with Crippen LogP contribution in [-0.2, 0) is 4.79 Å². The maximum absolute atomic E-state index is 11.7. The average Bonchev–Trinajstić information content (AvgIpc) is 3.14. The number of hydrogen-bond acceptors (Lipinski definition) is 2. The number of likely N-dealkylation sites (N-methyl/N-ethyl adjacent to an activating group) is 1. The summed E-state index contributed by atoms with van der Waals surface area (Å²) in [5.41, 5.74) is 1.14. The number of rotatable bonds is 4. The number of carbonyl (C=O) groups excluding carboxylic acids is 1. The van der Waals surface area contributed by atoms with Gasteiger partial charge in [-0.15, -0.1) is 0 Å². The second-order valence-corrected chi connectivity index (χ2v) is 4.26. The van der Waals surface area contributed by atoms with Crippen molar-refractivity contribution < 1.29 is 4.79 Å². The van der Waals surface area contributed by atoms with E-state index in [2.05, 4.69) is 22.3 Å². The first-order valence-electron chi connectivity index (χ1n) is 5.79. The van der Waals surface area contributed by atoms with Crippen molar-refractivity contribution in [1.29, 1.82) is 0 Å². The molecule has 86 valence electrons. The lowest BCUT2D eigenvalue weighted by molar-refractivity contribution is -0.121. The Hall–Kier alpha value is -1.51. The molecule has 0 heterocycles. The Morgan fingerprint density at radius 1 is 1.38 bits per heavy atom. The minimum Gasteiger partial charge on any atom is -0.357 e. The van der Waals surface area contributed by atoms with E-state index in [0.29, 0.717) is 6.04 Å². The summed E-state index contributed by atoms with van der Waals surface area (Å²) in [6, 6.07) is 10.6. The zero-order valence-corrected chi connectivity index (χ0v) is 9.81. The molecule has 0 aliphatic heterocycles. The summed E-state index contributed by atoms with van der Waals surface area (Å²) in [5.74, 6) is 0.0794. The summed E-state index contributed by atoms with van der Waals surface area (Å²) in [7, 11) is 1.69. The molecule has 0 bridgehead atoms. The molecule has 1 aliphatic carbocycles. The first kappa shape index (κ1) is 11.0. The molecule has 1 N–H and O–H groups in total. The van der Waals surface area contributed by atoms with Gasteiger partial charge in [0.25, 0.3) is 0 Å². The average molecular weight is 218 g/mol. The summed E-state index contributed by atoms with van der Waals surface area (Å²) in [4.78, 5) is 13.9. The number of benzene rings is 1. The van der Waals surface area contributed by atoms with E-state index in [1.165, 1.54) is 12.8 Å². The van der Waals surface area contributed by atoms with Crippen LogP contribution in [0.1, 0.15) is 19.8 Å². The highest BCUT2D eigenvalue weighted by molar-refractivity contribution is 5.84. The number of anilines is 1. The summed E-state index contributed by atoms with van der Waals surface area (Å²) < 4.78 is 0. The van der Waals surface area contributed by atoms with Gasteiger partial charge in [0, 0.05) is 18.8 Å². The molecule has 0 spiro atoms. The van der Waals surface area contributed by atoms with Crippen molar-refractivity contribution >= 4 is 11.6 Å². The quantitative estimate of drug-likeness (QED) is 0.835. The molecule has 1 aromatic rings. The summed E-state index contributed by atoms with van der Waals surface area (Å²) in [6.07, 6.45) is 2.38. The molecule has 0 radical (unpaired) electrons. The Morgan fingerprint density at radius 3 is 2.50 bits per heavy atom. The lowest BCUT2D eigenvalue weighted by Gasteiger charge is -2.30. The number of carbonyl (C=O) groups is 1. The lowest BCUT2D eigenvalue weighted by atomic mass is 10.2. The third kappa shape index (κ3) is 2.18. The van der Waals surface area contributed by atoms with Crippen LogP contribution in [0.5, 0.6) is 0 Å². The van der Waals surface area contributed by atoms with Crippen LogP contribution in [0.15, 0.2) is 30.3 Å². The second kappa shape index (κ2) is 4.56. The van der Waals surface area contributed by atoms with E-state index in [9.17, 15) is 4.79 Å². The van der Waals surface area contributed by atoms with Gasteiger partial charge in [0.2, 0.25) is 5.91 Å². The molecule has 2 rings (SSSR count). The van der Waals surface area contributed by atoms with Gasteiger partial charge >= 0.3 is 0 Å². The zero-order chi connectivity index (χ0) is 11.5. The predicted octanol–water partition coefficient (Wildman–Crippen LogP) is 1.79. The number of para-hydroxylation sites is 1. The minimum absolute atomic E-state index is 0.0794. The van der Waals surface area contributed by atoms with Crippen molar-refractivity contribution in [2.24, 2.45) is 0 Å². The third-order valence-electron chi connectivity index (χ3n) is 3.04. The van der Waals surface area contributed by atoms with Crippen LogP contribution in [0.4, 0.5) is 5.69 Å². The monoisotopic (exact) mass is 218 g/mol. The molecule has 1 saturated carbocycles. The van der Waals surface area contributed by atoms with Crippen LogP contribution in [-0.4, -0.2) is 25.0 Å². The lowest BCUT2D eigenvalue weighted by Crippen LogP contribution is -2.45. The van der Waals surface area contributed by atoms with Crippen molar-refractivity contribution in [2.75, 3.05) is 11.9 Å². The van der Waals surface area contributed by atoms with Gasteiger partial charge in [-0.3, -0.25) is 4.79 Å². The second-order valence-electron chi connectivity index (χ2n) is 4.26. The minimum atomic E-state index is -0.0973. The summed E-state index contributed by atoms with van der Waals surface area (Å²) in [5, 5.41) is 2.72. The Bertz CT molecular complexity index is 359. The molecule has 1 amide bonds. The van der Waals surface area contributed by atoms with Gasteiger partial charge in [-0.25, -0.2) is 0 Å². The van der Waals surface area contributed by atoms with E-state index in [-0.39, 0.29) is 11.9 Å². The Kier molecular flexibility index (Phi) is 3.13. The maximum Gasteiger partial charge on any atom is 0.242 e. The summed E-state index contributed by atoms with van der Waals surface area (Å²) in [6.45, 7) is 1.96. The predicted molar refractivity (Wildman–Crippen MR) is 65.5 cm³/mol. The van der Waals surface area contributed by atoms with Gasteiger partial charge < -0.3 is 10.2 Å². The Balaban J connectivity index is 2.21. The van der Waals surface area contributed by atoms with Crippen LogP contribution in [0.25, 0.3) is 0 Å². The SMILES string of the molecule is CNC(=O)C(C)N(c1ccccc1)C1CC1. The summed E-state index contributed by atoms with van der Waals surface area (Å²) >= 11 is 0. The molecule has 3 nitrogen and oxygen atoms in total. The Morgan fingerprint density at radius 2 is 2.00 bits per heavy atom. The highest BCUT2D eigenvalue weighted by Crippen LogP contribution is 2.33. The topological polar surface area (TPSA) is 32.3 Å². The first-order chi connectivity index (χ1) is 7.74. The molecule has 16 heavy (non-hydrogen) atoms. The normalized spacial score (nSPS) is 16.6. The fourth-order valence-electron chi connectivity index (χ4n) is 2.04. The third-order valence-corrected chi connectivity index (χ3v) is 3.04. The highest BCUT2D eigenvalue weighted by atomic mass is 16.2. The van der Waals surface area contributed by atoms with Crippen LogP contribution >= 0.6 is 0 Å². The van der Waals surface area contributed by atoms with Crippen LogP contribution in [0, 0.1) is 0 Å². The Labute approximate surface area is 96.5 Å². The smallest absolute Gasteiger partial charge is 0.242 e. The van der Waals surface area contributed by atoms with E-state index in [1.807, 2.05) is 25.1 Å². The van der Waals surface area contributed by atoms with Crippen LogP contribution in [0.2, 0.25) is 0 Å². The highest BCUT2D eigenvalue weighted by Gasteiger charge is 2.34. The van der Waals surface area contributed by atoms with Crippen molar-refractivity contribution in [1.82, 2.24) is 5.32 Å². The molecule has 1 unspecified atom stereocenters. The van der Waals surface area contributed by atoms with E-state index >= 15 is 0 Å². The largest absolute Gasteiger partial charge is 0.357 e. The van der Waals surface area contributed by atoms with Crippen molar-refractivity contribution in [3.8, 4) is 0 Å². The molecular formula is C13H18N2O. The molecule has 0 saturated heterocycles. The molecule has 1 atom stereocenters. The number of nitrogens with one attached hydrogen (secondary N) is 1. The molecule has 0 aromatic heterocycles. The van der Waals surface area contributed by atoms with Gasteiger partial charge in [0.05, 0.1) is 0 Å². The van der Waals surface area contributed by atoms with E-state index in [0.717, 1.165) is 5.69 Å². The van der Waals surface area contributed by atoms with E-state index in [4.69, 9.17) is 0 Å². The van der Waals surface area contributed by atoms with Gasteiger partial charge in [0.1, 0.15) is 6.04 Å². The molecule has 1 aliphatic rings. The van der Waals surface area contributed by atoms with Crippen LogP contribution < -0.4 is 10.2 Å².